The Balaban J connectivity index is 1.56. The molecule has 0 saturated heterocycles. The van der Waals surface area contributed by atoms with E-state index in [2.05, 4.69) is 15.5 Å². The molecule has 0 aliphatic heterocycles. The van der Waals surface area contributed by atoms with Crippen molar-refractivity contribution in [3.8, 4) is 11.3 Å². The lowest BCUT2D eigenvalue weighted by molar-refractivity contribution is 0.101. The number of oxazole rings is 1. The van der Waals surface area contributed by atoms with E-state index in [9.17, 15) is 9.59 Å². The van der Waals surface area contributed by atoms with Crippen molar-refractivity contribution >= 4 is 34.3 Å². The summed E-state index contributed by atoms with van der Waals surface area (Å²) in [7, 11) is 0. The number of nitrogens with one attached hydrogen (secondary N) is 2. The van der Waals surface area contributed by atoms with Crippen LogP contribution in [0.4, 0.5) is 5.69 Å². The molecule has 7 nitrogen and oxygen atoms in total. The fraction of sp³-hybridized carbons (Fsp3) is 0. The van der Waals surface area contributed by atoms with Crippen LogP contribution in [0.25, 0.3) is 22.4 Å². The van der Waals surface area contributed by atoms with Gasteiger partial charge in [0.05, 0.1) is 5.52 Å². The highest BCUT2D eigenvalue weighted by molar-refractivity contribution is 6.30. The first-order valence-corrected chi connectivity index (χ1v) is 7.63. The van der Waals surface area contributed by atoms with Crippen LogP contribution in [0.15, 0.2) is 62.3 Å². The molecule has 0 bridgehead atoms. The van der Waals surface area contributed by atoms with Gasteiger partial charge in [-0.2, -0.15) is 0 Å². The number of nitrogens with zero attached hydrogens (tertiary/aromatic N) is 1. The van der Waals surface area contributed by atoms with Crippen LogP contribution < -0.4 is 11.1 Å². The molecule has 124 valence electrons. The predicted molar refractivity (Wildman–Crippen MR) is 91.7 cm³/mol. The molecular weight excluding hydrogens is 346 g/mol. The summed E-state index contributed by atoms with van der Waals surface area (Å²) >= 11 is 5.85. The van der Waals surface area contributed by atoms with E-state index in [1.165, 1.54) is 6.07 Å². The molecule has 25 heavy (non-hydrogen) atoms. The quantitative estimate of drug-likeness (QED) is 0.583. The van der Waals surface area contributed by atoms with Gasteiger partial charge in [-0.05, 0) is 42.5 Å². The summed E-state index contributed by atoms with van der Waals surface area (Å²) in [4.78, 5) is 26.0. The summed E-state index contributed by atoms with van der Waals surface area (Å²) in [5.74, 6) is -0.534. The van der Waals surface area contributed by atoms with Gasteiger partial charge in [-0.25, -0.2) is 4.79 Å². The van der Waals surface area contributed by atoms with E-state index in [-0.39, 0.29) is 5.69 Å². The average molecular weight is 356 g/mol. The predicted octanol–water partition coefficient (Wildman–Crippen LogP) is 3.68. The summed E-state index contributed by atoms with van der Waals surface area (Å²) in [6, 6.07) is 13.3. The van der Waals surface area contributed by atoms with Crippen LogP contribution in [0, 0.1) is 0 Å². The molecule has 4 rings (SSSR count). The highest BCUT2D eigenvalue weighted by Gasteiger charge is 2.14. The minimum atomic E-state index is -0.553. The molecule has 0 saturated carbocycles. The first-order chi connectivity index (χ1) is 12.1. The average Bonchev–Trinajstić information content (AvgIpc) is 3.21. The van der Waals surface area contributed by atoms with Gasteiger partial charge < -0.3 is 14.3 Å². The number of H-pyrrole nitrogens is 1. The summed E-state index contributed by atoms with van der Waals surface area (Å²) in [5, 5.41) is 7.07. The first-order valence-electron chi connectivity index (χ1n) is 7.25. The van der Waals surface area contributed by atoms with Gasteiger partial charge in [0.1, 0.15) is 0 Å². The fourth-order valence-corrected chi connectivity index (χ4v) is 2.48. The number of amides is 1. The Kier molecular flexibility index (Phi) is 3.62. The highest BCUT2D eigenvalue weighted by Crippen LogP contribution is 2.23. The molecule has 0 aliphatic carbocycles. The van der Waals surface area contributed by atoms with Gasteiger partial charge in [0.25, 0.3) is 5.91 Å². The molecule has 0 spiro atoms. The number of aromatic amines is 1. The van der Waals surface area contributed by atoms with E-state index in [0.717, 1.165) is 5.56 Å². The van der Waals surface area contributed by atoms with E-state index in [1.807, 2.05) is 0 Å². The zero-order valence-electron chi connectivity index (χ0n) is 12.6. The van der Waals surface area contributed by atoms with Crippen molar-refractivity contribution in [3.05, 3.63) is 69.8 Å². The molecule has 1 amide bonds. The topological polar surface area (TPSA) is 101 Å². The van der Waals surface area contributed by atoms with Crippen LogP contribution in [-0.4, -0.2) is 16.0 Å². The third-order valence-electron chi connectivity index (χ3n) is 3.55. The number of aromatic nitrogens is 2. The fourth-order valence-electron chi connectivity index (χ4n) is 2.36. The maximum Gasteiger partial charge on any atom is 0.417 e. The first kappa shape index (κ1) is 15.2. The largest absolute Gasteiger partial charge is 0.417 e. The Morgan fingerprint density at radius 3 is 2.72 bits per heavy atom. The zero-order chi connectivity index (χ0) is 17.4. The number of hydrogen-bond acceptors (Lipinski definition) is 5. The Morgan fingerprint density at radius 1 is 1.12 bits per heavy atom. The van der Waals surface area contributed by atoms with Crippen LogP contribution in [-0.2, 0) is 0 Å². The maximum atomic E-state index is 12.3. The van der Waals surface area contributed by atoms with Gasteiger partial charge in [-0.15, -0.1) is 0 Å². The standard InChI is InChI=1S/C17H10ClN3O4/c18-10-3-1-9(2-4-10)15-8-13(21-25-15)16(22)19-11-5-6-14-12(7-11)20-17(23)24-14/h1-8H,(H,19,22)(H,20,23). The molecule has 0 atom stereocenters. The summed E-state index contributed by atoms with van der Waals surface area (Å²) in [6.07, 6.45) is 0. The molecule has 8 heteroatoms. The Labute approximate surface area is 145 Å². The van der Waals surface area contributed by atoms with Gasteiger partial charge >= 0.3 is 5.76 Å². The number of carbonyl (C=O) groups excluding carboxylic acids is 1. The second kappa shape index (κ2) is 5.95. The molecule has 0 fully saturated rings. The molecule has 2 aromatic heterocycles. The van der Waals surface area contributed by atoms with Crippen molar-refractivity contribution in [1.82, 2.24) is 10.1 Å². The maximum absolute atomic E-state index is 12.3. The lowest BCUT2D eigenvalue weighted by atomic mass is 10.1. The van der Waals surface area contributed by atoms with Crippen molar-refractivity contribution < 1.29 is 13.7 Å². The van der Waals surface area contributed by atoms with Gasteiger partial charge in [-0.3, -0.25) is 9.78 Å². The van der Waals surface area contributed by atoms with Gasteiger partial charge in [0, 0.05) is 22.3 Å². The van der Waals surface area contributed by atoms with Crippen molar-refractivity contribution in [2.45, 2.75) is 0 Å². The second-order valence-electron chi connectivity index (χ2n) is 5.26. The highest BCUT2D eigenvalue weighted by atomic mass is 35.5. The summed E-state index contributed by atoms with van der Waals surface area (Å²) in [6.45, 7) is 0. The lowest BCUT2D eigenvalue weighted by Gasteiger charge is -2.01. The third kappa shape index (κ3) is 3.05. The van der Waals surface area contributed by atoms with Gasteiger partial charge in [0.15, 0.2) is 17.0 Å². The van der Waals surface area contributed by atoms with Crippen LogP contribution in [0.2, 0.25) is 5.02 Å². The molecular formula is C17H10ClN3O4. The van der Waals surface area contributed by atoms with Crippen LogP contribution in [0.1, 0.15) is 10.5 Å². The van der Waals surface area contributed by atoms with E-state index in [4.69, 9.17) is 20.5 Å². The van der Waals surface area contributed by atoms with Crippen molar-refractivity contribution in [1.29, 1.82) is 0 Å². The lowest BCUT2D eigenvalue weighted by Crippen LogP contribution is -2.12. The Morgan fingerprint density at radius 2 is 1.92 bits per heavy atom. The zero-order valence-corrected chi connectivity index (χ0v) is 13.3. The molecule has 0 unspecified atom stereocenters. The number of anilines is 1. The van der Waals surface area contributed by atoms with Crippen LogP contribution in [0.5, 0.6) is 0 Å². The Bertz CT molecular complexity index is 1120. The molecule has 0 aliphatic rings. The van der Waals surface area contributed by atoms with Crippen molar-refractivity contribution in [2.24, 2.45) is 0 Å². The number of hydrogen-bond donors (Lipinski definition) is 2. The van der Waals surface area contributed by atoms with Gasteiger partial charge in [-0.1, -0.05) is 16.8 Å². The second-order valence-corrected chi connectivity index (χ2v) is 5.70. The summed E-state index contributed by atoms with van der Waals surface area (Å²) in [5.41, 5.74) is 2.28. The van der Waals surface area contributed by atoms with Crippen LogP contribution in [0.3, 0.4) is 0 Å². The number of fused-ring (bicyclic) bond motifs is 1. The smallest absolute Gasteiger partial charge is 0.408 e. The molecule has 4 aromatic rings. The number of halogens is 1. The Hall–Kier alpha value is -3.32. The van der Waals surface area contributed by atoms with Crippen molar-refractivity contribution in [3.63, 3.8) is 0 Å². The summed E-state index contributed by atoms with van der Waals surface area (Å²) < 4.78 is 10.1. The monoisotopic (exact) mass is 355 g/mol. The van der Waals surface area contributed by atoms with Gasteiger partial charge in [0.2, 0.25) is 0 Å². The minimum Gasteiger partial charge on any atom is -0.408 e. The van der Waals surface area contributed by atoms with E-state index in [1.54, 1.807) is 42.5 Å². The number of rotatable bonds is 3. The van der Waals surface area contributed by atoms with E-state index < -0.39 is 11.7 Å². The van der Waals surface area contributed by atoms with Crippen LogP contribution >= 0.6 is 11.6 Å². The molecule has 2 N–H and O–H groups in total. The SMILES string of the molecule is O=C(Nc1ccc2oc(=O)[nH]c2c1)c1cc(-c2ccc(Cl)cc2)on1. The normalized spacial score (nSPS) is 10.9. The van der Waals surface area contributed by atoms with Crippen molar-refractivity contribution in [2.75, 3.05) is 5.32 Å². The van der Waals surface area contributed by atoms with E-state index in [0.29, 0.717) is 27.6 Å². The molecule has 2 aromatic carbocycles. The van der Waals surface area contributed by atoms with E-state index >= 15 is 0 Å². The number of benzene rings is 2. The number of carbonyl (C=O) groups is 1. The molecule has 0 radical (unpaired) electrons. The minimum absolute atomic E-state index is 0.130. The third-order valence-corrected chi connectivity index (χ3v) is 3.80. The molecule has 2 heterocycles.